The van der Waals surface area contributed by atoms with Gasteiger partial charge in [-0.2, -0.15) is 5.26 Å². The molecule has 0 aliphatic carbocycles. The Hall–Kier alpha value is -2.47. The van der Waals surface area contributed by atoms with Crippen molar-refractivity contribution in [2.75, 3.05) is 7.11 Å². The highest BCUT2D eigenvalue weighted by Crippen LogP contribution is 2.26. The van der Waals surface area contributed by atoms with Gasteiger partial charge in [0.2, 0.25) is 0 Å². The molecule has 0 saturated carbocycles. The van der Waals surface area contributed by atoms with Crippen LogP contribution >= 0.6 is 0 Å². The predicted octanol–water partition coefficient (Wildman–Crippen LogP) is 3.71. The summed E-state index contributed by atoms with van der Waals surface area (Å²) in [6, 6.07) is 17.2. The van der Waals surface area contributed by atoms with E-state index in [9.17, 15) is 0 Å². The molecule has 2 rings (SSSR count). The van der Waals surface area contributed by atoms with Gasteiger partial charge in [0.1, 0.15) is 17.6 Å². The Morgan fingerprint density at radius 3 is 2.37 bits per heavy atom. The van der Waals surface area contributed by atoms with Crippen molar-refractivity contribution in [3.63, 3.8) is 0 Å². The van der Waals surface area contributed by atoms with Crippen molar-refractivity contribution in [3.05, 3.63) is 59.7 Å². The van der Waals surface area contributed by atoms with Crippen molar-refractivity contribution in [2.45, 2.75) is 13.0 Å². The van der Waals surface area contributed by atoms with Gasteiger partial charge in [-0.25, -0.2) is 0 Å². The van der Waals surface area contributed by atoms with Crippen LogP contribution in [0.4, 0.5) is 0 Å². The molecule has 1 atom stereocenters. The Bertz CT molecular complexity index is 587. The fraction of sp³-hybridized carbons (Fsp3) is 0.188. The van der Waals surface area contributed by atoms with E-state index in [0.717, 1.165) is 5.56 Å². The fourth-order valence-electron chi connectivity index (χ4n) is 1.82. The van der Waals surface area contributed by atoms with Gasteiger partial charge in [0.15, 0.2) is 0 Å². The van der Waals surface area contributed by atoms with Gasteiger partial charge in [-0.15, -0.1) is 0 Å². The minimum Gasteiger partial charge on any atom is -0.497 e. The molecule has 0 aromatic heterocycles. The molecule has 3 nitrogen and oxygen atoms in total. The summed E-state index contributed by atoms with van der Waals surface area (Å²) in [5.74, 6) is 1.25. The minimum atomic E-state index is -0.0835. The maximum atomic E-state index is 8.97. The van der Waals surface area contributed by atoms with E-state index in [1.807, 2.05) is 37.3 Å². The minimum absolute atomic E-state index is 0.0835. The molecule has 0 spiro atoms. The molecule has 3 heteroatoms. The fourth-order valence-corrected chi connectivity index (χ4v) is 1.82. The van der Waals surface area contributed by atoms with Crippen molar-refractivity contribution in [1.82, 2.24) is 0 Å². The van der Waals surface area contributed by atoms with Gasteiger partial charge in [-0.1, -0.05) is 30.3 Å². The third-order valence-corrected chi connectivity index (χ3v) is 2.83. The summed E-state index contributed by atoms with van der Waals surface area (Å²) in [5, 5.41) is 8.97. The molecular formula is C16H15NO2. The third kappa shape index (κ3) is 3.26. The van der Waals surface area contributed by atoms with Crippen LogP contribution in [0.5, 0.6) is 11.5 Å². The first kappa shape index (κ1) is 13.0. The van der Waals surface area contributed by atoms with E-state index < -0.39 is 0 Å². The Kier molecular flexibility index (Phi) is 4.04. The Balaban J connectivity index is 2.21. The molecule has 0 heterocycles. The zero-order valence-electron chi connectivity index (χ0n) is 11.0. The van der Waals surface area contributed by atoms with E-state index in [2.05, 4.69) is 6.07 Å². The monoisotopic (exact) mass is 253 g/mol. The van der Waals surface area contributed by atoms with Gasteiger partial charge in [0.25, 0.3) is 0 Å². The van der Waals surface area contributed by atoms with E-state index in [0.29, 0.717) is 17.1 Å². The standard InChI is InChI=1S/C16H15NO2/c1-12(14-6-4-3-5-7-14)19-16-9-13(11-17)8-15(10-16)18-2/h3-10,12H,1-2H3. The topological polar surface area (TPSA) is 42.2 Å². The first-order chi connectivity index (χ1) is 9.22. The van der Waals surface area contributed by atoms with Crippen LogP contribution in [0.25, 0.3) is 0 Å². The van der Waals surface area contributed by atoms with Crippen molar-refractivity contribution in [2.24, 2.45) is 0 Å². The van der Waals surface area contributed by atoms with Gasteiger partial charge in [-0.05, 0) is 24.6 Å². The summed E-state index contributed by atoms with van der Waals surface area (Å²) in [6.45, 7) is 1.97. The smallest absolute Gasteiger partial charge is 0.125 e. The van der Waals surface area contributed by atoms with Crippen molar-refractivity contribution < 1.29 is 9.47 Å². The molecular weight excluding hydrogens is 238 g/mol. The van der Waals surface area contributed by atoms with Crippen LogP contribution < -0.4 is 9.47 Å². The van der Waals surface area contributed by atoms with Gasteiger partial charge in [0, 0.05) is 6.07 Å². The van der Waals surface area contributed by atoms with E-state index in [1.165, 1.54) is 0 Å². The summed E-state index contributed by atoms with van der Waals surface area (Å²) < 4.78 is 11.0. The average molecular weight is 253 g/mol. The van der Waals surface area contributed by atoms with Crippen molar-refractivity contribution in [1.29, 1.82) is 5.26 Å². The number of nitrogens with zero attached hydrogens (tertiary/aromatic N) is 1. The maximum Gasteiger partial charge on any atom is 0.125 e. The largest absolute Gasteiger partial charge is 0.497 e. The number of hydrogen-bond acceptors (Lipinski definition) is 3. The van der Waals surface area contributed by atoms with Crippen LogP contribution in [0.3, 0.4) is 0 Å². The molecule has 1 unspecified atom stereocenters. The predicted molar refractivity (Wildman–Crippen MR) is 73.2 cm³/mol. The number of methoxy groups -OCH3 is 1. The van der Waals surface area contributed by atoms with Gasteiger partial charge in [-0.3, -0.25) is 0 Å². The van der Waals surface area contributed by atoms with Crippen LogP contribution in [0.1, 0.15) is 24.2 Å². The van der Waals surface area contributed by atoms with Gasteiger partial charge >= 0.3 is 0 Å². The zero-order valence-corrected chi connectivity index (χ0v) is 11.0. The molecule has 19 heavy (non-hydrogen) atoms. The first-order valence-corrected chi connectivity index (χ1v) is 6.03. The number of ether oxygens (including phenoxy) is 2. The van der Waals surface area contributed by atoms with Gasteiger partial charge < -0.3 is 9.47 Å². The highest BCUT2D eigenvalue weighted by atomic mass is 16.5. The SMILES string of the molecule is COc1cc(C#N)cc(OC(C)c2ccccc2)c1. The highest BCUT2D eigenvalue weighted by Gasteiger charge is 2.08. The molecule has 0 amide bonds. The number of rotatable bonds is 4. The van der Waals surface area contributed by atoms with Crippen LogP contribution in [-0.2, 0) is 0 Å². The molecule has 0 fully saturated rings. The lowest BCUT2D eigenvalue weighted by atomic mass is 10.1. The first-order valence-electron chi connectivity index (χ1n) is 6.03. The van der Waals surface area contributed by atoms with E-state index in [4.69, 9.17) is 14.7 Å². The second-order valence-electron chi connectivity index (χ2n) is 4.18. The number of hydrogen-bond donors (Lipinski definition) is 0. The lowest BCUT2D eigenvalue weighted by Crippen LogP contribution is -2.03. The Morgan fingerprint density at radius 1 is 1.05 bits per heavy atom. The number of nitriles is 1. The molecule has 0 aliphatic heterocycles. The molecule has 0 aliphatic rings. The molecule has 0 bridgehead atoms. The molecule has 0 saturated heterocycles. The van der Waals surface area contributed by atoms with Crippen LogP contribution in [0.15, 0.2) is 48.5 Å². The van der Waals surface area contributed by atoms with E-state index >= 15 is 0 Å². The van der Waals surface area contributed by atoms with Crippen molar-refractivity contribution in [3.8, 4) is 17.6 Å². The van der Waals surface area contributed by atoms with Crippen LogP contribution in [0.2, 0.25) is 0 Å². The number of benzene rings is 2. The summed E-state index contributed by atoms with van der Waals surface area (Å²) >= 11 is 0. The quantitative estimate of drug-likeness (QED) is 0.834. The second-order valence-corrected chi connectivity index (χ2v) is 4.18. The lowest BCUT2D eigenvalue weighted by molar-refractivity contribution is 0.226. The summed E-state index contributed by atoms with van der Waals surface area (Å²) in [7, 11) is 1.57. The molecule has 2 aromatic carbocycles. The van der Waals surface area contributed by atoms with Gasteiger partial charge in [0.05, 0.1) is 18.7 Å². The maximum absolute atomic E-state index is 8.97. The zero-order chi connectivity index (χ0) is 13.7. The normalized spacial score (nSPS) is 11.4. The lowest BCUT2D eigenvalue weighted by Gasteiger charge is -2.15. The average Bonchev–Trinajstić information content (AvgIpc) is 2.47. The van der Waals surface area contributed by atoms with Crippen LogP contribution in [-0.4, -0.2) is 7.11 Å². The van der Waals surface area contributed by atoms with Crippen LogP contribution in [0, 0.1) is 11.3 Å². The van der Waals surface area contributed by atoms with Crippen molar-refractivity contribution >= 4 is 0 Å². The highest BCUT2D eigenvalue weighted by molar-refractivity contribution is 5.44. The molecule has 0 N–H and O–H groups in total. The Morgan fingerprint density at radius 2 is 1.74 bits per heavy atom. The van der Waals surface area contributed by atoms with E-state index in [-0.39, 0.29) is 6.10 Å². The third-order valence-electron chi connectivity index (χ3n) is 2.83. The van der Waals surface area contributed by atoms with E-state index in [1.54, 1.807) is 25.3 Å². The summed E-state index contributed by atoms with van der Waals surface area (Å²) in [5.41, 5.74) is 1.61. The molecule has 0 radical (unpaired) electrons. The Labute approximate surface area is 113 Å². The summed E-state index contributed by atoms with van der Waals surface area (Å²) in [6.07, 6.45) is -0.0835. The molecule has 96 valence electrons. The molecule has 2 aromatic rings. The summed E-state index contributed by atoms with van der Waals surface area (Å²) in [4.78, 5) is 0. The second kappa shape index (κ2) is 5.92.